The summed E-state index contributed by atoms with van der Waals surface area (Å²) in [5.74, 6) is -2.27. The first-order chi connectivity index (χ1) is 4.64. The third kappa shape index (κ3) is 0.580. The van der Waals surface area contributed by atoms with Gasteiger partial charge in [0.15, 0.2) is 11.5 Å². The molecule has 0 saturated heterocycles. The molecule has 2 aliphatic rings. The summed E-state index contributed by atoms with van der Waals surface area (Å²) < 4.78 is 37.5. The van der Waals surface area contributed by atoms with Crippen LogP contribution in [0.25, 0.3) is 0 Å². The molecular formula is C7H7F3. The molecule has 0 amide bonds. The van der Waals surface area contributed by atoms with Crippen molar-refractivity contribution in [2.45, 2.75) is 24.9 Å². The Morgan fingerprint density at radius 2 is 1.90 bits per heavy atom. The fourth-order valence-electron chi connectivity index (χ4n) is 1.36. The number of alkyl halides is 1. The lowest BCUT2D eigenvalue weighted by atomic mass is 9.84. The number of rotatable bonds is 1. The topological polar surface area (TPSA) is 0 Å². The van der Waals surface area contributed by atoms with Crippen molar-refractivity contribution in [3.05, 3.63) is 11.7 Å². The fourth-order valence-corrected chi connectivity index (χ4v) is 1.36. The second kappa shape index (κ2) is 1.57. The van der Waals surface area contributed by atoms with Crippen molar-refractivity contribution in [3.63, 3.8) is 0 Å². The van der Waals surface area contributed by atoms with Gasteiger partial charge in [-0.05, 0) is 12.8 Å². The van der Waals surface area contributed by atoms with E-state index in [4.69, 9.17) is 0 Å². The molecule has 0 aromatic heterocycles. The van der Waals surface area contributed by atoms with E-state index in [2.05, 4.69) is 0 Å². The van der Waals surface area contributed by atoms with Gasteiger partial charge in [-0.2, -0.15) is 0 Å². The molecule has 2 aliphatic carbocycles. The first kappa shape index (κ1) is 6.25. The summed E-state index contributed by atoms with van der Waals surface area (Å²) in [4.78, 5) is 0. The predicted octanol–water partition coefficient (Wildman–Crippen LogP) is 2.66. The molecule has 2 rings (SSSR count). The highest BCUT2D eigenvalue weighted by atomic mass is 19.2. The Hall–Kier alpha value is -0.470. The Labute approximate surface area is 56.7 Å². The number of halogens is 3. The molecule has 0 N–H and O–H groups in total. The first-order valence-electron chi connectivity index (χ1n) is 3.38. The first-order valence-corrected chi connectivity index (χ1v) is 3.38. The molecule has 0 heterocycles. The molecule has 0 aromatic carbocycles. The van der Waals surface area contributed by atoms with E-state index >= 15 is 0 Å². The minimum absolute atomic E-state index is 0.230. The van der Waals surface area contributed by atoms with E-state index in [0.717, 1.165) is 0 Å². The van der Waals surface area contributed by atoms with Gasteiger partial charge in [0.05, 0.1) is 0 Å². The molecule has 0 nitrogen and oxygen atoms in total. The predicted molar refractivity (Wildman–Crippen MR) is 30.4 cm³/mol. The van der Waals surface area contributed by atoms with E-state index in [1.165, 1.54) is 0 Å². The molecule has 10 heavy (non-hydrogen) atoms. The smallest absolute Gasteiger partial charge is 0.173 e. The number of hydrogen-bond acceptors (Lipinski definition) is 0. The quantitative estimate of drug-likeness (QED) is 0.536. The minimum atomic E-state index is -1.90. The molecule has 1 atom stereocenters. The second-order valence-corrected chi connectivity index (χ2v) is 3.03. The maximum Gasteiger partial charge on any atom is 0.173 e. The Kier molecular flexibility index (Phi) is 0.984. The molecule has 56 valence electrons. The van der Waals surface area contributed by atoms with Gasteiger partial charge in [-0.15, -0.1) is 0 Å². The van der Waals surface area contributed by atoms with E-state index in [0.29, 0.717) is 12.8 Å². The van der Waals surface area contributed by atoms with Crippen molar-refractivity contribution in [2.75, 3.05) is 0 Å². The van der Waals surface area contributed by atoms with E-state index in [1.54, 1.807) is 0 Å². The van der Waals surface area contributed by atoms with Crippen molar-refractivity contribution in [3.8, 4) is 0 Å². The zero-order valence-corrected chi connectivity index (χ0v) is 5.33. The standard InChI is InChI=1S/C7H7F3/c8-5-3-7(10,6(5)9)4-1-2-4/h4H,1-3H2. The molecule has 0 spiro atoms. The highest BCUT2D eigenvalue weighted by Crippen LogP contribution is 2.56. The lowest BCUT2D eigenvalue weighted by Crippen LogP contribution is -2.35. The largest absolute Gasteiger partial charge is 0.235 e. The summed E-state index contributed by atoms with van der Waals surface area (Å²) in [5, 5.41) is 0. The molecule has 1 fully saturated rings. The van der Waals surface area contributed by atoms with Gasteiger partial charge in [0.1, 0.15) is 5.83 Å². The van der Waals surface area contributed by atoms with Crippen LogP contribution in [0, 0.1) is 5.92 Å². The van der Waals surface area contributed by atoms with Crippen LogP contribution in [0.4, 0.5) is 13.2 Å². The van der Waals surface area contributed by atoms with Crippen LogP contribution in [-0.2, 0) is 0 Å². The highest BCUT2D eigenvalue weighted by molar-refractivity contribution is 5.31. The van der Waals surface area contributed by atoms with Crippen molar-refractivity contribution < 1.29 is 13.2 Å². The van der Waals surface area contributed by atoms with E-state index in [9.17, 15) is 13.2 Å². The Morgan fingerprint density at radius 3 is 2.20 bits per heavy atom. The lowest BCUT2D eigenvalue weighted by Gasteiger charge is -2.30. The summed E-state index contributed by atoms with van der Waals surface area (Å²) in [6, 6.07) is 0. The molecule has 3 heteroatoms. The van der Waals surface area contributed by atoms with Crippen LogP contribution in [0.1, 0.15) is 19.3 Å². The normalized spacial score (nSPS) is 39.9. The molecule has 0 bridgehead atoms. The molecule has 0 aromatic rings. The summed E-state index contributed by atoms with van der Waals surface area (Å²) in [5.41, 5.74) is -1.90. The van der Waals surface area contributed by atoms with Crippen LogP contribution >= 0.6 is 0 Å². The number of allylic oxidation sites excluding steroid dienone is 2. The van der Waals surface area contributed by atoms with Crippen LogP contribution < -0.4 is 0 Å². The number of hydrogen-bond donors (Lipinski definition) is 0. The van der Waals surface area contributed by atoms with Gasteiger partial charge < -0.3 is 0 Å². The van der Waals surface area contributed by atoms with E-state index < -0.39 is 17.3 Å². The van der Waals surface area contributed by atoms with Gasteiger partial charge in [0.2, 0.25) is 0 Å². The van der Waals surface area contributed by atoms with E-state index in [1.807, 2.05) is 0 Å². The zero-order valence-electron chi connectivity index (χ0n) is 5.33. The average Bonchev–Trinajstić information content (AvgIpc) is 2.68. The molecule has 0 radical (unpaired) electrons. The Morgan fingerprint density at radius 1 is 1.30 bits per heavy atom. The van der Waals surface area contributed by atoms with Crippen molar-refractivity contribution in [1.82, 2.24) is 0 Å². The van der Waals surface area contributed by atoms with Crippen molar-refractivity contribution in [2.24, 2.45) is 5.92 Å². The third-order valence-electron chi connectivity index (χ3n) is 2.24. The van der Waals surface area contributed by atoms with Crippen molar-refractivity contribution in [1.29, 1.82) is 0 Å². The fraction of sp³-hybridized carbons (Fsp3) is 0.714. The zero-order chi connectivity index (χ0) is 7.35. The van der Waals surface area contributed by atoms with Crippen LogP contribution in [0.15, 0.2) is 11.7 Å². The van der Waals surface area contributed by atoms with Gasteiger partial charge in [-0.3, -0.25) is 0 Å². The van der Waals surface area contributed by atoms with Crippen LogP contribution in [0.2, 0.25) is 0 Å². The molecule has 1 saturated carbocycles. The summed E-state index contributed by atoms with van der Waals surface area (Å²) in [7, 11) is 0. The van der Waals surface area contributed by atoms with Crippen molar-refractivity contribution >= 4 is 0 Å². The third-order valence-corrected chi connectivity index (χ3v) is 2.24. The highest BCUT2D eigenvalue weighted by Gasteiger charge is 2.57. The Balaban J connectivity index is 2.21. The minimum Gasteiger partial charge on any atom is -0.235 e. The maximum atomic E-state index is 13.1. The molecule has 0 aliphatic heterocycles. The van der Waals surface area contributed by atoms with Gasteiger partial charge in [0.25, 0.3) is 0 Å². The van der Waals surface area contributed by atoms with Gasteiger partial charge in [0, 0.05) is 12.3 Å². The maximum absolute atomic E-state index is 13.1. The summed E-state index contributed by atoms with van der Waals surface area (Å²) in [6.07, 6.45) is 1.08. The Bertz CT molecular complexity index is 205. The van der Waals surface area contributed by atoms with E-state index in [-0.39, 0.29) is 12.3 Å². The van der Waals surface area contributed by atoms with Crippen LogP contribution in [0.3, 0.4) is 0 Å². The van der Waals surface area contributed by atoms with Crippen LogP contribution in [0.5, 0.6) is 0 Å². The molecular weight excluding hydrogens is 141 g/mol. The molecule has 1 unspecified atom stereocenters. The lowest BCUT2D eigenvalue weighted by molar-refractivity contribution is 0.0893. The summed E-state index contributed by atoms with van der Waals surface area (Å²) >= 11 is 0. The average molecular weight is 148 g/mol. The van der Waals surface area contributed by atoms with Crippen LogP contribution in [-0.4, -0.2) is 5.67 Å². The van der Waals surface area contributed by atoms with Gasteiger partial charge in [-0.25, -0.2) is 13.2 Å². The monoisotopic (exact) mass is 148 g/mol. The van der Waals surface area contributed by atoms with Gasteiger partial charge in [-0.1, -0.05) is 0 Å². The summed E-state index contributed by atoms with van der Waals surface area (Å²) in [6.45, 7) is 0. The SMILES string of the molecule is FC1=C(F)C(F)(C2CC2)C1. The second-order valence-electron chi connectivity index (χ2n) is 3.03. The van der Waals surface area contributed by atoms with Gasteiger partial charge >= 0.3 is 0 Å².